The molecule has 1 amide bonds. The van der Waals surface area contributed by atoms with Crippen LogP contribution in [-0.4, -0.2) is 39.1 Å². The zero-order valence-electron chi connectivity index (χ0n) is 15.8. The second-order valence-electron chi connectivity index (χ2n) is 6.45. The Morgan fingerprint density at radius 1 is 1.26 bits per heavy atom. The maximum atomic E-state index is 12.5. The molecule has 3 rings (SSSR count). The first-order chi connectivity index (χ1) is 13.1. The van der Waals surface area contributed by atoms with Crippen LogP contribution in [0.25, 0.3) is 5.65 Å². The topological polar surface area (TPSA) is 68.5 Å². The predicted octanol–water partition coefficient (Wildman–Crippen LogP) is 3.34. The Morgan fingerprint density at radius 3 is 2.89 bits per heavy atom. The monoisotopic (exact) mass is 384 g/mol. The van der Waals surface area contributed by atoms with Crippen molar-refractivity contribution in [3.63, 3.8) is 0 Å². The summed E-state index contributed by atoms with van der Waals surface area (Å²) < 4.78 is 7.62. The van der Waals surface area contributed by atoms with Crippen LogP contribution in [0.2, 0.25) is 0 Å². The third kappa shape index (κ3) is 4.80. The van der Waals surface area contributed by atoms with Crippen molar-refractivity contribution in [1.29, 1.82) is 0 Å². The zero-order valence-corrected chi connectivity index (χ0v) is 16.6. The summed E-state index contributed by atoms with van der Waals surface area (Å²) in [5.74, 6) is 2.20. The number of hydrogen-bond donors (Lipinski definition) is 1. The van der Waals surface area contributed by atoms with Crippen molar-refractivity contribution in [3.05, 3.63) is 59.5 Å². The molecule has 0 bridgehead atoms. The number of aryl methyl sites for hydroxylation is 2. The van der Waals surface area contributed by atoms with Gasteiger partial charge in [-0.25, -0.2) is 0 Å². The van der Waals surface area contributed by atoms with E-state index in [1.165, 1.54) is 5.56 Å². The lowest BCUT2D eigenvalue weighted by molar-refractivity contribution is -0.123. The minimum atomic E-state index is -0.218. The van der Waals surface area contributed by atoms with Gasteiger partial charge in [-0.2, -0.15) is 11.8 Å². The molecule has 1 N–H and O–H groups in total. The summed E-state index contributed by atoms with van der Waals surface area (Å²) in [6, 6.07) is 11.4. The molecule has 2 aromatic heterocycles. The number of pyridine rings is 1. The highest BCUT2D eigenvalue weighted by Crippen LogP contribution is 2.20. The fraction of sp³-hybridized carbons (Fsp3) is 0.350. The maximum absolute atomic E-state index is 12.5. The summed E-state index contributed by atoms with van der Waals surface area (Å²) >= 11 is 1.73. The molecule has 0 aliphatic rings. The van der Waals surface area contributed by atoms with Crippen LogP contribution in [0.1, 0.15) is 29.4 Å². The number of nitrogens with zero attached hydrogens (tertiary/aromatic N) is 3. The van der Waals surface area contributed by atoms with Crippen molar-refractivity contribution in [2.24, 2.45) is 0 Å². The number of ether oxygens (including phenoxy) is 1. The fourth-order valence-corrected chi connectivity index (χ4v) is 3.41. The van der Waals surface area contributed by atoms with Gasteiger partial charge >= 0.3 is 0 Å². The van der Waals surface area contributed by atoms with Gasteiger partial charge in [0.15, 0.2) is 18.1 Å². The molecule has 27 heavy (non-hydrogen) atoms. The van der Waals surface area contributed by atoms with Gasteiger partial charge in [-0.3, -0.25) is 9.20 Å². The highest BCUT2D eigenvalue weighted by atomic mass is 32.2. The molecule has 0 aliphatic carbocycles. The van der Waals surface area contributed by atoms with E-state index in [2.05, 4.69) is 15.5 Å². The van der Waals surface area contributed by atoms with E-state index in [0.29, 0.717) is 0 Å². The molecule has 0 radical (unpaired) electrons. The van der Waals surface area contributed by atoms with Crippen LogP contribution in [0.4, 0.5) is 0 Å². The Balaban J connectivity index is 1.69. The third-order valence-electron chi connectivity index (χ3n) is 4.29. The summed E-state index contributed by atoms with van der Waals surface area (Å²) in [5, 5.41) is 11.5. The zero-order chi connectivity index (χ0) is 19.2. The number of fused-ring (bicyclic) bond motifs is 1. The van der Waals surface area contributed by atoms with Gasteiger partial charge in [0.2, 0.25) is 0 Å². The van der Waals surface area contributed by atoms with Crippen LogP contribution in [0.3, 0.4) is 0 Å². The van der Waals surface area contributed by atoms with Gasteiger partial charge in [0.05, 0.1) is 6.04 Å². The number of benzene rings is 1. The molecule has 2 heterocycles. The van der Waals surface area contributed by atoms with Crippen LogP contribution in [0, 0.1) is 13.8 Å². The fourth-order valence-electron chi connectivity index (χ4n) is 2.94. The number of aromatic nitrogens is 3. The van der Waals surface area contributed by atoms with Crippen LogP contribution < -0.4 is 10.1 Å². The molecule has 1 atom stereocenters. The van der Waals surface area contributed by atoms with Gasteiger partial charge in [-0.1, -0.05) is 23.8 Å². The highest BCUT2D eigenvalue weighted by Gasteiger charge is 2.20. The number of thioether (sulfide) groups is 1. The van der Waals surface area contributed by atoms with E-state index in [1.807, 2.05) is 67.1 Å². The van der Waals surface area contributed by atoms with Crippen LogP contribution in [0.5, 0.6) is 5.75 Å². The molecule has 1 aromatic carbocycles. The predicted molar refractivity (Wildman–Crippen MR) is 108 cm³/mol. The number of rotatable bonds is 8. The van der Waals surface area contributed by atoms with E-state index in [9.17, 15) is 4.79 Å². The summed E-state index contributed by atoms with van der Waals surface area (Å²) in [6.45, 7) is 3.98. The number of carbonyl (C=O) groups excluding carboxylic acids is 1. The summed E-state index contributed by atoms with van der Waals surface area (Å²) in [4.78, 5) is 12.5. The molecule has 7 heteroatoms. The number of hydrogen-bond acceptors (Lipinski definition) is 5. The van der Waals surface area contributed by atoms with Gasteiger partial charge in [0, 0.05) is 6.20 Å². The SMILES string of the molecule is CSCCC(NC(=O)COc1ccc(C)cc1C)c1nnc2ccccn12. The molecule has 0 aliphatic heterocycles. The van der Waals surface area contributed by atoms with Crippen LogP contribution in [0.15, 0.2) is 42.6 Å². The lowest BCUT2D eigenvalue weighted by Crippen LogP contribution is -2.34. The minimum Gasteiger partial charge on any atom is -0.484 e. The lowest BCUT2D eigenvalue weighted by Gasteiger charge is -2.17. The standard InChI is InChI=1S/C20H24N4O2S/c1-14-7-8-17(15(2)12-14)26-13-19(25)21-16(9-11-27-3)20-23-22-18-6-4-5-10-24(18)20/h4-8,10,12,16H,9,11,13H2,1-3H3,(H,21,25). The van der Waals surface area contributed by atoms with E-state index >= 15 is 0 Å². The van der Waals surface area contributed by atoms with Crippen LogP contribution >= 0.6 is 11.8 Å². The van der Waals surface area contributed by atoms with E-state index in [4.69, 9.17) is 4.74 Å². The van der Waals surface area contributed by atoms with Crippen LogP contribution in [-0.2, 0) is 4.79 Å². The van der Waals surface area contributed by atoms with Gasteiger partial charge < -0.3 is 10.1 Å². The third-order valence-corrected chi connectivity index (χ3v) is 4.93. The highest BCUT2D eigenvalue weighted by molar-refractivity contribution is 7.98. The first-order valence-electron chi connectivity index (χ1n) is 8.86. The molecule has 1 unspecified atom stereocenters. The summed E-state index contributed by atoms with van der Waals surface area (Å²) in [7, 11) is 0. The minimum absolute atomic E-state index is 0.0313. The van der Waals surface area contributed by atoms with Gasteiger partial charge in [-0.15, -0.1) is 10.2 Å². The van der Waals surface area contributed by atoms with Crippen molar-refractivity contribution in [2.75, 3.05) is 18.6 Å². The van der Waals surface area contributed by atoms with Gasteiger partial charge in [0.25, 0.3) is 5.91 Å². The molecule has 0 saturated carbocycles. The Labute approximate surface area is 163 Å². The Bertz CT molecular complexity index is 925. The Hall–Kier alpha value is -2.54. The average Bonchev–Trinajstić information content (AvgIpc) is 3.08. The second-order valence-corrected chi connectivity index (χ2v) is 7.43. The molecule has 6 nitrogen and oxygen atoms in total. The smallest absolute Gasteiger partial charge is 0.258 e. The van der Waals surface area contributed by atoms with Crippen molar-refractivity contribution in [3.8, 4) is 5.75 Å². The lowest BCUT2D eigenvalue weighted by atomic mass is 10.1. The number of nitrogens with one attached hydrogen (secondary N) is 1. The van der Waals surface area contributed by atoms with E-state index < -0.39 is 0 Å². The maximum Gasteiger partial charge on any atom is 0.258 e. The Morgan fingerprint density at radius 2 is 2.11 bits per heavy atom. The van der Waals surface area contributed by atoms with E-state index in [1.54, 1.807) is 11.8 Å². The first-order valence-corrected chi connectivity index (χ1v) is 10.3. The van der Waals surface area contributed by atoms with Crippen molar-refractivity contribution in [2.45, 2.75) is 26.3 Å². The average molecular weight is 385 g/mol. The van der Waals surface area contributed by atoms with Crippen molar-refractivity contribution in [1.82, 2.24) is 19.9 Å². The molecule has 3 aromatic rings. The number of amides is 1. The Kier molecular flexibility index (Phi) is 6.34. The molecule has 0 spiro atoms. The summed E-state index contributed by atoms with van der Waals surface area (Å²) in [5.41, 5.74) is 2.95. The molecule has 0 saturated heterocycles. The molecule has 142 valence electrons. The number of carbonyl (C=O) groups is 1. The van der Waals surface area contributed by atoms with E-state index in [-0.39, 0.29) is 18.6 Å². The normalized spacial score (nSPS) is 12.1. The van der Waals surface area contributed by atoms with Crippen molar-refractivity contribution >= 4 is 23.3 Å². The molecular weight excluding hydrogens is 360 g/mol. The molecular formula is C20H24N4O2S. The summed E-state index contributed by atoms with van der Waals surface area (Å²) in [6.07, 6.45) is 4.73. The van der Waals surface area contributed by atoms with E-state index in [0.717, 1.165) is 35.0 Å². The first kappa shape index (κ1) is 19.2. The quantitative estimate of drug-likeness (QED) is 0.645. The van der Waals surface area contributed by atoms with Gasteiger partial charge in [-0.05, 0) is 56.0 Å². The van der Waals surface area contributed by atoms with Gasteiger partial charge in [0.1, 0.15) is 5.75 Å². The van der Waals surface area contributed by atoms with Crippen molar-refractivity contribution < 1.29 is 9.53 Å². The largest absolute Gasteiger partial charge is 0.484 e. The molecule has 0 fully saturated rings. The second kappa shape index (κ2) is 8.90.